The van der Waals surface area contributed by atoms with Gasteiger partial charge in [0.25, 0.3) is 5.91 Å². The fourth-order valence-corrected chi connectivity index (χ4v) is 4.82. The van der Waals surface area contributed by atoms with E-state index in [1.807, 2.05) is 18.2 Å². The van der Waals surface area contributed by atoms with Crippen molar-refractivity contribution in [1.29, 1.82) is 0 Å². The van der Waals surface area contributed by atoms with Gasteiger partial charge in [-0.15, -0.1) is 0 Å². The summed E-state index contributed by atoms with van der Waals surface area (Å²) in [6.07, 6.45) is 3.95. The molecule has 1 aliphatic heterocycles. The number of benzene rings is 1. The lowest BCUT2D eigenvalue weighted by Gasteiger charge is -2.34. The number of hydrogen-bond donors (Lipinski definition) is 1. The first-order chi connectivity index (χ1) is 13.8. The lowest BCUT2D eigenvalue weighted by molar-refractivity contribution is -0.148. The fourth-order valence-electron chi connectivity index (χ4n) is 4.82. The second kappa shape index (κ2) is 7.35. The zero-order valence-electron chi connectivity index (χ0n) is 17.2. The molecule has 0 radical (unpaired) electrons. The van der Waals surface area contributed by atoms with Crippen LogP contribution in [-0.2, 0) is 20.7 Å². The lowest BCUT2D eigenvalue weighted by atomic mass is 9.70. The molecule has 2 aliphatic carbocycles. The van der Waals surface area contributed by atoms with Crippen LogP contribution in [0.4, 0.5) is 0 Å². The Morgan fingerprint density at radius 3 is 2.76 bits per heavy atom. The molecule has 4 rings (SSSR count). The largest absolute Gasteiger partial charge is 0.455 e. The summed E-state index contributed by atoms with van der Waals surface area (Å²) in [6.45, 7) is 6.72. The molecule has 1 heterocycles. The molecule has 2 atom stereocenters. The van der Waals surface area contributed by atoms with Gasteiger partial charge >= 0.3 is 5.97 Å². The maximum atomic E-state index is 12.1. The van der Waals surface area contributed by atoms with Gasteiger partial charge in [0.2, 0.25) is 6.79 Å². The van der Waals surface area contributed by atoms with Crippen molar-refractivity contribution in [3.63, 3.8) is 0 Å². The molecular formula is C22H28N2O5. The number of nitrogens with one attached hydrogen (secondary N) is 1. The first-order valence-corrected chi connectivity index (χ1v) is 10.2. The van der Waals surface area contributed by atoms with E-state index < -0.39 is 11.9 Å². The van der Waals surface area contributed by atoms with Crippen LogP contribution in [0.15, 0.2) is 23.3 Å². The molecule has 1 aromatic rings. The molecule has 29 heavy (non-hydrogen) atoms. The first-order valence-electron chi connectivity index (χ1n) is 10.2. The Morgan fingerprint density at radius 2 is 2.03 bits per heavy atom. The van der Waals surface area contributed by atoms with Gasteiger partial charge in [-0.3, -0.25) is 9.59 Å². The van der Waals surface area contributed by atoms with Crippen molar-refractivity contribution in [1.82, 2.24) is 5.43 Å². The highest BCUT2D eigenvalue weighted by Crippen LogP contribution is 2.63. The minimum absolute atomic E-state index is 0.0340. The number of hydrogen-bond acceptors (Lipinski definition) is 6. The molecule has 156 valence electrons. The Balaban J connectivity index is 1.21. The van der Waals surface area contributed by atoms with Crippen LogP contribution in [0.3, 0.4) is 0 Å². The minimum Gasteiger partial charge on any atom is -0.455 e. The van der Waals surface area contributed by atoms with Crippen LogP contribution >= 0.6 is 0 Å². The number of rotatable bonds is 6. The zero-order valence-corrected chi connectivity index (χ0v) is 17.2. The summed E-state index contributed by atoms with van der Waals surface area (Å²) in [7, 11) is 0. The molecule has 1 aromatic carbocycles. The van der Waals surface area contributed by atoms with Gasteiger partial charge in [0.05, 0.1) is 0 Å². The van der Waals surface area contributed by atoms with Crippen LogP contribution in [0.25, 0.3) is 0 Å². The van der Waals surface area contributed by atoms with Crippen molar-refractivity contribution in [2.75, 3.05) is 13.4 Å². The standard InChI is InChI=1S/C22H28N2O5/c1-21(2)15-8-9-22(21,3)18(11-15)23-24-19(25)12-27-20(26)7-5-14-4-6-16-17(10-14)29-13-28-16/h4,6,10,15H,5,7-9,11-13H2,1-3H3,(H,24,25)/b23-18-. The predicted octanol–water partition coefficient (Wildman–Crippen LogP) is 3.21. The monoisotopic (exact) mass is 400 g/mol. The number of fused-ring (bicyclic) bond motifs is 3. The van der Waals surface area contributed by atoms with Crippen molar-refractivity contribution < 1.29 is 23.8 Å². The molecule has 3 aliphatic rings. The van der Waals surface area contributed by atoms with Gasteiger partial charge in [-0.1, -0.05) is 26.8 Å². The van der Waals surface area contributed by atoms with Crippen molar-refractivity contribution in [2.45, 2.75) is 52.9 Å². The summed E-state index contributed by atoms with van der Waals surface area (Å²) in [5.74, 6) is 1.20. The number of nitrogens with zero attached hydrogens (tertiary/aromatic N) is 1. The van der Waals surface area contributed by atoms with Crippen molar-refractivity contribution >= 4 is 17.6 Å². The summed E-state index contributed by atoms with van der Waals surface area (Å²) >= 11 is 0. The number of aryl methyl sites for hydroxylation is 1. The van der Waals surface area contributed by atoms with E-state index in [4.69, 9.17) is 14.2 Å². The molecule has 0 aromatic heterocycles. The number of hydrazone groups is 1. The minimum atomic E-state index is -0.418. The normalized spacial score (nSPS) is 27.3. The Morgan fingerprint density at radius 1 is 1.24 bits per heavy atom. The van der Waals surface area contributed by atoms with E-state index in [0.717, 1.165) is 24.1 Å². The van der Waals surface area contributed by atoms with E-state index >= 15 is 0 Å². The Bertz CT molecular complexity index is 863. The zero-order chi connectivity index (χ0) is 20.6. The number of amides is 1. The fraction of sp³-hybridized carbons (Fsp3) is 0.591. The Hall–Kier alpha value is -2.57. The van der Waals surface area contributed by atoms with Gasteiger partial charge in [0, 0.05) is 17.5 Å². The highest BCUT2D eigenvalue weighted by atomic mass is 16.7. The maximum absolute atomic E-state index is 12.1. The van der Waals surface area contributed by atoms with E-state index in [1.54, 1.807) is 0 Å². The van der Waals surface area contributed by atoms with Crippen LogP contribution < -0.4 is 14.9 Å². The lowest BCUT2D eigenvalue weighted by Crippen LogP contribution is -2.34. The summed E-state index contributed by atoms with van der Waals surface area (Å²) in [5, 5.41) is 4.38. The van der Waals surface area contributed by atoms with Crippen LogP contribution in [0.2, 0.25) is 0 Å². The van der Waals surface area contributed by atoms with Gasteiger partial charge in [-0.05, 0) is 54.7 Å². The average molecular weight is 400 g/mol. The SMILES string of the molecule is CC12CCC(C/C1=N/NC(=O)COC(=O)CCc1ccc3c(c1)OCO3)C2(C)C. The molecule has 2 fully saturated rings. The predicted molar refractivity (Wildman–Crippen MR) is 107 cm³/mol. The summed E-state index contributed by atoms with van der Waals surface area (Å²) in [4.78, 5) is 24.0. The first kappa shape index (κ1) is 19.7. The smallest absolute Gasteiger partial charge is 0.306 e. The van der Waals surface area contributed by atoms with Gasteiger partial charge in [-0.2, -0.15) is 5.10 Å². The second-order valence-electron chi connectivity index (χ2n) is 8.94. The highest BCUT2D eigenvalue weighted by Gasteiger charge is 2.60. The molecule has 7 nitrogen and oxygen atoms in total. The van der Waals surface area contributed by atoms with E-state index in [1.165, 1.54) is 6.42 Å². The highest BCUT2D eigenvalue weighted by molar-refractivity contribution is 5.95. The Labute approximate surface area is 170 Å². The number of ether oxygens (including phenoxy) is 3. The van der Waals surface area contributed by atoms with Crippen LogP contribution in [0.5, 0.6) is 11.5 Å². The van der Waals surface area contributed by atoms with Crippen LogP contribution in [0.1, 0.15) is 52.0 Å². The number of carbonyl (C=O) groups excluding carboxylic acids is 2. The Kier molecular flexibility index (Phi) is 5.00. The maximum Gasteiger partial charge on any atom is 0.306 e. The number of esters is 1. The average Bonchev–Trinajstić information content (AvgIpc) is 3.30. The van der Waals surface area contributed by atoms with E-state index in [0.29, 0.717) is 23.8 Å². The topological polar surface area (TPSA) is 86.2 Å². The molecule has 0 spiro atoms. The molecule has 2 bridgehead atoms. The molecule has 0 saturated heterocycles. The third kappa shape index (κ3) is 3.58. The van der Waals surface area contributed by atoms with E-state index in [9.17, 15) is 9.59 Å². The van der Waals surface area contributed by atoms with Gasteiger partial charge < -0.3 is 14.2 Å². The van der Waals surface area contributed by atoms with Gasteiger partial charge in [0.15, 0.2) is 18.1 Å². The third-order valence-corrected chi connectivity index (χ3v) is 7.25. The summed E-state index contributed by atoms with van der Waals surface area (Å²) in [5.41, 5.74) is 4.82. The van der Waals surface area contributed by atoms with Gasteiger partial charge in [-0.25, -0.2) is 5.43 Å². The quantitative estimate of drug-likeness (QED) is 0.585. The summed E-state index contributed by atoms with van der Waals surface area (Å²) < 4.78 is 15.7. The molecule has 1 amide bonds. The summed E-state index contributed by atoms with van der Waals surface area (Å²) in [6, 6.07) is 5.57. The third-order valence-electron chi connectivity index (χ3n) is 7.25. The van der Waals surface area contributed by atoms with Gasteiger partial charge in [0.1, 0.15) is 0 Å². The van der Waals surface area contributed by atoms with E-state index in [-0.39, 0.29) is 30.7 Å². The van der Waals surface area contributed by atoms with E-state index in [2.05, 4.69) is 31.3 Å². The number of carbonyl (C=O) groups is 2. The molecule has 2 unspecified atom stereocenters. The molecule has 1 N–H and O–H groups in total. The van der Waals surface area contributed by atoms with Crippen molar-refractivity contribution in [3.05, 3.63) is 23.8 Å². The molecule has 2 saturated carbocycles. The van der Waals surface area contributed by atoms with Crippen LogP contribution in [0, 0.1) is 16.7 Å². The van der Waals surface area contributed by atoms with Crippen molar-refractivity contribution in [2.24, 2.45) is 21.8 Å². The van der Waals surface area contributed by atoms with Crippen molar-refractivity contribution in [3.8, 4) is 11.5 Å². The molecule has 7 heteroatoms. The van der Waals surface area contributed by atoms with Crippen LogP contribution in [-0.4, -0.2) is 31.0 Å². The second-order valence-corrected chi connectivity index (χ2v) is 8.94. The molecular weight excluding hydrogens is 372 g/mol.